The molecule has 206 valence electrons. The minimum atomic E-state index is -0.0143. The van der Waals surface area contributed by atoms with Gasteiger partial charge in [-0.05, 0) is 69.1 Å². The first-order chi connectivity index (χ1) is 18.7. The Balaban J connectivity index is 1.42. The molecule has 0 amide bonds. The van der Waals surface area contributed by atoms with Gasteiger partial charge in [-0.3, -0.25) is 0 Å². The lowest BCUT2D eigenvalue weighted by molar-refractivity contribution is -0.437. The molecule has 1 aliphatic carbocycles. The summed E-state index contributed by atoms with van der Waals surface area (Å²) in [5.74, 6) is 0.390. The molecule has 0 fully saturated rings. The lowest BCUT2D eigenvalue weighted by Crippen LogP contribution is -2.28. The zero-order valence-corrected chi connectivity index (χ0v) is 25.6. The number of hydrogen-bond acceptors (Lipinski definition) is 1. The molecule has 1 unspecified atom stereocenters. The molecule has 2 heterocycles. The van der Waals surface area contributed by atoms with E-state index in [9.17, 15) is 0 Å². The molecule has 0 radical (unpaired) electrons. The highest BCUT2D eigenvalue weighted by Gasteiger charge is 2.44. The second-order valence-electron chi connectivity index (χ2n) is 12.6. The van der Waals surface area contributed by atoms with Gasteiger partial charge in [0, 0.05) is 52.5 Å². The van der Waals surface area contributed by atoms with E-state index >= 15 is 0 Å². The van der Waals surface area contributed by atoms with Crippen LogP contribution in [0.15, 0.2) is 83.1 Å². The van der Waals surface area contributed by atoms with Crippen molar-refractivity contribution in [2.24, 2.45) is 5.92 Å². The van der Waals surface area contributed by atoms with Gasteiger partial charge in [0.2, 0.25) is 5.69 Å². The van der Waals surface area contributed by atoms with E-state index in [-0.39, 0.29) is 10.8 Å². The summed E-state index contributed by atoms with van der Waals surface area (Å²) in [6, 6.07) is 17.8. The first-order valence-corrected chi connectivity index (χ1v) is 15.5. The Morgan fingerprint density at radius 1 is 0.923 bits per heavy atom. The predicted octanol–water partition coefficient (Wildman–Crippen LogP) is 9.80. The van der Waals surface area contributed by atoms with Crippen molar-refractivity contribution in [3.05, 3.63) is 94.2 Å². The molecule has 2 aromatic rings. The average molecular weight is 542 g/mol. The Hall–Kier alpha value is -2.58. The third-order valence-corrected chi connectivity index (χ3v) is 9.75. The normalized spacial score (nSPS) is 22.8. The molecule has 0 N–H and O–H groups in total. The summed E-state index contributed by atoms with van der Waals surface area (Å²) in [6.45, 7) is 16.1. The Labute approximate surface area is 241 Å². The molecule has 0 saturated heterocycles. The lowest BCUT2D eigenvalue weighted by Gasteiger charge is -2.29. The molecule has 2 aliphatic heterocycles. The number of nitrogens with zero attached hydrogens (tertiary/aromatic N) is 2. The zero-order valence-electron chi connectivity index (χ0n) is 24.9. The second kappa shape index (κ2) is 11.1. The van der Waals surface area contributed by atoms with Crippen molar-refractivity contribution in [2.45, 2.75) is 90.9 Å². The number of fused-ring (bicyclic) bond motifs is 2. The van der Waals surface area contributed by atoms with E-state index in [1.165, 1.54) is 45.9 Å². The molecule has 1 atom stereocenters. The number of allylic oxidation sites excluding steroid dienone is 6. The maximum absolute atomic E-state index is 7.20. The van der Waals surface area contributed by atoms with Gasteiger partial charge >= 0.3 is 0 Å². The van der Waals surface area contributed by atoms with Crippen molar-refractivity contribution in [3.8, 4) is 0 Å². The number of hydrogen-bond donors (Lipinski definition) is 0. The standard InChI is InChI=1S/C36H46ClN2/c1-7-24-38-30-18-11-9-16-28(30)35(3,4)32(38)22-20-26-14-13-15-27(34(26)37)21-23-33-36(5,6)29-17-10-12-19-31(29)39(33)25-8-2/h9-12,16-20,22-23,27H,7-8,13-15,21,24-25H2,1-6H3/q+1/b22-20-,33-23+. The molecular formula is C36H46ClN2+. The van der Waals surface area contributed by atoms with Gasteiger partial charge in [-0.15, -0.1) is 0 Å². The minimum Gasteiger partial charge on any atom is -0.344 e. The summed E-state index contributed by atoms with van der Waals surface area (Å²) in [7, 11) is 0. The quantitative estimate of drug-likeness (QED) is 0.301. The zero-order chi connectivity index (χ0) is 27.8. The Morgan fingerprint density at radius 3 is 2.38 bits per heavy atom. The molecule has 5 rings (SSSR count). The monoisotopic (exact) mass is 541 g/mol. The van der Waals surface area contributed by atoms with Crippen LogP contribution in [0, 0.1) is 5.92 Å². The van der Waals surface area contributed by atoms with E-state index in [1.54, 1.807) is 0 Å². The van der Waals surface area contributed by atoms with Crippen LogP contribution in [0.5, 0.6) is 0 Å². The second-order valence-corrected chi connectivity index (χ2v) is 13.0. The van der Waals surface area contributed by atoms with E-state index in [2.05, 4.69) is 118 Å². The summed E-state index contributed by atoms with van der Waals surface area (Å²) in [5.41, 5.74) is 9.73. The number of benzene rings is 2. The fourth-order valence-electron chi connectivity index (χ4n) is 7.14. The van der Waals surface area contributed by atoms with Gasteiger partial charge in [-0.1, -0.05) is 87.8 Å². The van der Waals surface area contributed by atoms with Crippen molar-refractivity contribution < 1.29 is 4.58 Å². The first kappa shape index (κ1) is 28.0. The summed E-state index contributed by atoms with van der Waals surface area (Å²) in [4.78, 5) is 2.55. The van der Waals surface area contributed by atoms with Crippen LogP contribution in [-0.4, -0.2) is 23.4 Å². The smallest absolute Gasteiger partial charge is 0.209 e. The first-order valence-electron chi connectivity index (χ1n) is 15.1. The van der Waals surface area contributed by atoms with Crippen LogP contribution in [-0.2, 0) is 10.8 Å². The van der Waals surface area contributed by atoms with Crippen molar-refractivity contribution in [3.63, 3.8) is 0 Å². The molecule has 2 nitrogen and oxygen atoms in total. The van der Waals surface area contributed by atoms with Gasteiger partial charge in [-0.25, -0.2) is 0 Å². The van der Waals surface area contributed by atoms with Crippen molar-refractivity contribution in [1.29, 1.82) is 0 Å². The molecule has 0 bridgehead atoms. The maximum atomic E-state index is 7.20. The van der Waals surface area contributed by atoms with Crippen molar-refractivity contribution in [2.75, 3.05) is 18.0 Å². The molecule has 3 aliphatic rings. The van der Waals surface area contributed by atoms with Gasteiger partial charge in [0.1, 0.15) is 6.54 Å². The highest BCUT2D eigenvalue weighted by molar-refractivity contribution is 6.30. The summed E-state index contributed by atoms with van der Waals surface area (Å²) in [5, 5.41) is 1.07. The number of anilines is 1. The van der Waals surface area contributed by atoms with Gasteiger partial charge < -0.3 is 4.90 Å². The van der Waals surface area contributed by atoms with Gasteiger partial charge in [0.05, 0.1) is 5.41 Å². The molecule has 0 aromatic heterocycles. The summed E-state index contributed by atoms with van der Waals surface area (Å²) in [6.07, 6.45) is 13.9. The van der Waals surface area contributed by atoms with E-state index in [1.807, 2.05) is 0 Å². The molecule has 3 heteroatoms. The van der Waals surface area contributed by atoms with Gasteiger partial charge in [0.15, 0.2) is 5.71 Å². The summed E-state index contributed by atoms with van der Waals surface area (Å²) < 4.78 is 2.52. The number of halogens is 1. The third-order valence-electron chi connectivity index (χ3n) is 9.20. The fourth-order valence-corrected chi connectivity index (χ4v) is 7.50. The van der Waals surface area contributed by atoms with E-state index < -0.39 is 0 Å². The van der Waals surface area contributed by atoms with E-state index in [0.717, 1.165) is 50.2 Å². The van der Waals surface area contributed by atoms with Crippen LogP contribution in [0.4, 0.5) is 11.4 Å². The molecule has 2 aromatic carbocycles. The van der Waals surface area contributed by atoms with Crippen molar-refractivity contribution in [1.82, 2.24) is 0 Å². The predicted molar refractivity (Wildman–Crippen MR) is 169 cm³/mol. The molecule has 39 heavy (non-hydrogen) atoms. The van der Waals surface area contributed by atoms with E-state index in [0.29, 0.717) is 5.92 Å². The number of rotatable bonds is 8. The van der Waals surface area contributed by atoms with Crippen LogP contribution in [0.3, 0.4) is 0 Å². The third kappa shape index (κ3) is 4.95. The number of para-hydroxylation sites is 2. The van der Waals surface area contributed by atoms with Crippen molar-refractivity contribution >= 4 is 28.7 Å². The maximum Gasteiger partial charge on any atom is 0.209 e. The van der Waals surface area contributed by atoms with Crippen LogP contribution >= 0.6 is 11.6 Å². The van der Waals surface area contributed by atoms with Gasteiger partial charge in [0.25, 0.3) is 0 Å². The largest absolute Gasteiger partial charge is 0.344 e. The van der Waals surface area contributed by atoms with Gasteiger partial charge in [-0.2, -0.15) is 4.58 Å². The highest BCUT2D eigenvalue weighted by Crippen LogP contribution is 2.48. The van der Waals surface area contributed by atoms with E-state index in [4.69, 9.17) is 11.6 Å². The average Bonchev–Trinajstić information content (AvgIpc) is 3.27. The Kier molecular flexibility index (Phi) is 7.98. The molecule has 0 saturated carbocycles. The van der Waals surface area contributed by atoms with Crippen LogP contribution < -0.4 is 4.90 Å². The summed E-state index contributed by atoms with van der Waals surface area (Å²) >= 11 is 7.20. The SMILES string of the molecule is CCCN1/C(=C/CC2CCCC(/C=C\C3=[N+](CCC)c4ccccc4C3(C)C)=C2Cl)C(C)(C)c2ccccc21. The molecular weight excluding hydrogens is 496 g/mol. The topological polar surface area (TPSA) is 6.25 Å². The van der Waals surface area contributed by atoms with Crippen LogP contribution in [0.2, 0.25) is 0 Å². The fraction of sp³-hybridized carbons (Fsp3) is 0.472. The Bertz CT molecular complexity index is 1350. The highest BCUT2D eigenvalue weighted by atomic mass is 35.5. The van der Waals surface area contributed by atoms with Crippen LogP contribution in [0.25, 0.3) is 0 Å². The minimum absolute atomic E-state index is 0.0143. The lowest BCUT2D eigenvalue weighted by atomic mass is 9.80. The Morgan fingerprint density at radius 2 is 1.64 bits per heavy atom. The van der Waals surface area contributed by atoms with Crippen LogP contribution in [0.1, 0.15) is 91.2 Å². The molecule has 0 spiro atoms.